The first-order valence-corrected chi connectivity index (χ1v) is 11.0. The van der Waals surface area contributed by atoms with E-state index in [1.807, 2.05) is 12.3 Å². The Morgan fingerprint density at radius 3 is 3.00 bits per heavy atom. The molecule has 146 valence electrons. The summed E-state index contributed by atoms with van der Waals surface area (Å²) < 4.78 is 1.26. The number of hydrogen-bond acceptors (Lipinski definition) is 4. The van der Waals surface area contributed by atoms with Crippen LogP contribution in [0.4, 0.5) is 5.82 Å². The van der Waals surface area contributed by atoms with Crippen LogP contribution in [-0.4, -0.2) is 30.0 Å². The molecule has 1 fully saturated rings. The maximum atomic E-state index is 12.9. The van der Waals surface area contributed by atoms with E-state index in [1.165, 1.54) is 15.6 Å². The van der Waals surface area contributed by atoms with Crippen molar-refractivity contribution in [1.29, 1.82) is 0 Å². The number of carbonyl (C=O) groups excluding carboxylic acids is 1. The zero-order valence-corrected chi connectivity index (χ0v) is 17.1. The van der Waals surface area contributed by atoms with Gasteiger partial charge in [0.05, 0.1) is 5.92 Å². The van der Waals surface area contributed by atoms with Crippen LogP contribution < -0.4 is 10.2 Å². The summed E-state index contributed by atoms with van der Waals surface area (Å²) >= 11 is 1.74. The zero-order valence-electron chi connectivity index (χ0n) is 16.3. The number of piperidine rings is 1. The van der Waals surface area contributed by atoms with Crippen molar-refractivity contribution < 1.29 is 4.79 Å². The normalized spacial score (nSPS) is 18.2. The number of pyridine rings is 1. The van der Waals surface area contributed by atoms with Crippen LogP contribution in [0.15, 0.2) is 54.0 Å². The molecule has 3 aromatic rings. The van der Waals surface area contributed by atoms with Crippen LogP contribution in [0, 0.1) is 5.92 Å². The highest BCUT2D eigenvalue weighted by molar-refractivity contribution is 7.17. The summed E-state index contributed by atoms with van der Waals surface area (Å²) in [6.45, 7) is 3.82. The number of rotatable bonds is 6. The van der Waals surface area contributed by atoms with Gasteiger partial charge < -0.3 is 10.2 Å². The molecule has 0 spiro atoms. The van der Waals surface area contributed by atoms with Crippen LogP contribution in [0.25, 0.3) is 10.1 Å². The predicted molar refractivity (Wildman–Crippen MR) is 117 cm³/mol. The number of nitrogens with one attached hydrogen (secondary N) is 1. The van der Waals surface area contributed by atoms with Gasteiger partial charge in [-0.05, 0) is 55.7 Å². The van der Waals surface area contributed by atoms with Crippen LogP contribution in [0.2, 0.25) is 0 Å². The highest BCUT2D eigenvalue weighted by Gasteiger charge is 2.28. The van der Waals surface area contributed by atoms with Gasteiger partial charge in [0.2, 0.25) is 5.91 Å². The highest BCUT2D eigenvalue weighted by atomic mass is 32.1. The fourth-order valence-corrected chi connectivity index (χ4v) is 4.75. The smallest absolute Gasteiger partial charge is 0.225 e. The first kappa shape index (κ1) is 18.9. The van der Waals surface area contributed by atoms with Crippen molar-refractivity contribution in [2.45, 2.75) is 38.6 Å². The number of amides is 1. The van der Waals surface area contributed by atoms with Gasteiger partial charge in [-0.2, -0.15) is 0 Å². The number of aromatic nitrogens is 1. The van der Waals surface area contributed by atoms with Crippen LogP contribution in [0.3, 0.4) is 0 Å². The third-order valence-electron chi connectivity index (χ3n) is 5.55. The van der Waals surface area contributed by atoms with Crippen LogP contribution >= 0.6 is 11.3 Å². The number of aryl methyl sites for hydroxylation is 1. The van der Waals surface area contributed by atoms with Gasteiger partial charge in [0, 0.05) is 35.4 Å². The predicted octanol–water partition coefficient (Wildman–Crippen LogP) is 4.65. The molecule has 2 atom stereocenters. The molecule has 0 bridgehead atoms. The third kappa shape index (κ3) is 4.36. The molecule has 4 nitrogen and oxygen atoms in total. The Morgan fingerprint density at radius 2 is 2.14 bits per heavy atom. The summed E-state index contributed by atoms with van der Waals surface area (Å²) in [5.74, 6) is 1.24. The lowest BCUT2D eigenvalue weighted by molar-refractivity contribution is -0.125. The van der Waals surface area contributed by atoms with Gasteiger partial charge in [-0.15, -0.1) is 11.3 Å². The fourth-order valence-electron chi connectivity index (χ4n) is 3.98. The largest absolute Gasteiger partial charge is 0.355 e. The quantitative estimate of drug-likeness (QED) is 0.663. The molecule has 1 saturated heterocycles. The second-order valence-corrected chi connectivity index (χ2v) is 8.63. The number of anilines is 1. The monoisotopic (exact) mass is 393 g/mol. The first-order valence-electron chi connectivity index (χ1n) is 10.1. The van der Waals surface area contributed by atoms with Gasteiger partial charge in [0.25, 0.3) is 0 Å². The second-order valence-electron chi connectivity index (χ2n) is 7.69. The SMILES string of the molecule is CC(CCc1ccccc1)NC(=O)C1CCCN(c2nccc3sccc23)C1. The zero-order chi connectivity index (χ0) is 19.3. The summed E-state index contributed by atoms with van der Waals surface area (Å²) in [5, 5.41) is 6.55. The van der Waals surface area contributed by atoms with Crippen LogP contribution in [0.5, 0.6) is 0 Å². The van der Waals surface area contributed by atoms with E-state index in [0.717, 1.165) is 44.6 Å². The molecule has 1 aromatic carbocycles. The lowest BCUT2D eigenvalue weighted by atomic mass is 9.96. The Bertz CT molecular complexity index is 924. The van der Waals surface area contributed by atoms with E-state index in [0.29, 0.717) is 0 Å². The van der Waals surface area contributed by atoms with Gasteiger partial charge in [0.15, 0.2) is 0 Å². The fraction of sp³-hybridized carbons (Fsp3) is 0.391. The molecule has 28 heavy (non-hydrogen) atoms. The van der Waals surface area contributed by atoms with Gasteiger partial charge >= 0.3 is 0 Å². The number of carbonyl (C=O) groups is 1. The van der Waals surface area contributed by atoms with Crippen LogP contribution in [0.1, 0.15) is 31.7 Å². The topological polar surface area (TPSA) is 45.2 Å². The van der Waals surface area contributed by atoms with Crippen molar-refractivity contribution in [2.24, 2.45) is 5.92 Å². The summed E-state index contributed by atoms with van der Waals surface area (Å²) in [6.07, 6.45) is 5.81. The summed E-state index contributed by atoms with van der Waals surface area (Å²) in [6, 6.07) is 14.8. The van der Waals surface area contributed by atoms with E-state index in [4.69, 9.17) is 0 Å². The average Bonchev–Trinajstić information content (AvgIpc) is 3.22. The molecule has 0 aliphatic carbocycles. The third-order valence-corrected chi connectivity index (χ3v) is 6.43. The van der Waals surface area contributed by atoms with Crippen molar-refractivity contribution in [2.75, 3.05) is 18.0 Å². The van der Waals surface area contributed by atoms with E-state index >= 15 is 0 Å². The minimum absolute atomic E-state index is 0.0311. The van der Waals surface area contributed by atoms with Gasteiger partial charge in [-0.1, -0.05) is 30.3 Å². The van der Waals surface area contributed by atoms with Crippen molar-refractivity contribution in [3.8, 4) is 0 Å². The summed E-state index contributed by atoms with van der Waals surface area (Å²) in [4.78, 5) is 19.8. The molecule has 2 unspecified atom stereocenters. The molecular formula is C23H27N3OS. The van der Waals surface area contributed by atoms with E-state index in [2.05, 4.69) is 63.9 Å². The summed E-state index contributed by atoms with van der Waals surface area (Å²) in [7, 11) is 0. The number of fused-ring (bicyclic) bond motifs is 1. The standard InChI is InChI=1S/C23H27N3OS/c1-17(9-10-18-6-3-2-4-7-18)25-23(27)19-8-5-14-26(16-19)22-20-12-15-28-21(20)11-13-24-22/h2-4,6-7,11-13,15,17,19H,5,8-10,14,16H2,1H3,(H,25,27). The number of benzene rings is 1. The molecule has 0 radical (unpaired) electrons. The first-order chi connectivity index (χ1) is 13.7. The molecule has 1 N–H and O–H groups in total. The Morgan fingerprint density at radius 1 is 1.29 bits per heavy atom. The second kappa shape index (κ2) is 8.74. The molecule has 5 heteroatoms. The maximum absolute atomic E-state index is 12.9. The average molecular weight is 394 g/mol. The Balaban J connectivity index is 1.35. The minimum Gasteiger partial charge on any atom is -0.355 e. The van der Waals surface area contributed by atoms with E-state index in [-0.39, 0.29) is 17.9 Å². The van der Waals surface area contributed by atoms with Crippen LogP contribution in [-0.2, 0) is 11.2 Å². The molecule has 0 saturated carbocycles. The molecule has 4 rings (SSSR count). The Hall–Kier alpha value is -2.40. The molecule has 2 aromatic heterocycles. The van der Waals surface area contributed by atoms with Crippen molar-refractivity contribution >= 4 is 33.1 Å². The van der Waals surface area contributed by atoms with Gasteiger partial charge in [-0.3, -0.25) is 4.79 Å². The number of hydrogen-bond donors (Lipinski definition) is 1. The highest BCUT2D eigenvalue weighted by Crippen LogP contribution is 2.31. The van der Waals surface area contributed by atoms with E-state index in [9.17, 15) is 4.79 Å². The Kier molecular flexibility index (Phi) is 5.91. The molecular weight excluding hydrogens is 366 g/mol. The van der Waals surface area contributed by atoms with E-state index < -0.39 is 0 Å². The van der Waals surface area contributed by atoms with Crippen molar-refractivity contribution in [3.05, 3.63) is 59.6 Å². The minimum atomic E-state index is 0.0311. The lowest BCUT2D eigenvalue weighted by Crippen LogP contribution is -2.45. The summed E-state index contributed by atoms with van der Waals surface area (Å²) in [5.41, 5.74) is 1.32. The Labute approximate surface area is 170 Å². The molecule has 1 aliphatic heterocycles. The number of nitrogens with zero attached hydrogens (tertiary/aromatic N) is 2. The molecule has 3 heterocycles. The molecule has 1 amide bonds. The van der Waals surface area contributed by atoms with E-state index in [1.54, 1.807) is 11.3 Å². The van der Waals surface area contributed by atoms with Crippen molar-refractivity contribution in [3.63, 3.8) is 0 Å². The van der Waals surface area contributed by atoms with Gasteiger partial charge in [0.1, 0.15) is 5.82 Å². The molecule has 1 aliphatic rings. The lowest BCUT2D eigenvalue weighted by Gasteiger charge is -2.33. The van der Waals surface area contributed by atoms with Gasteiger partial charge in [-0.25, -0.2) is 4.98 Å². The number of thiophene rings is 1. The maximum Gasteiger partial charge on any atom is 0.225 e. The van der Waals surface area contributed by atoms with Crippen molar-refractivity contribution in [1.82, 2.24) is 10.3 Å².